The van der Waals surface area contributed by atoms with Crippen LogP contribution in [0.2, 0.25) is 0 Å². The minimum Gasteiger partial charge on any atom is -0.310 e. The summed E-state index contributed by atoms with van der Waals surface area (Å²) >= 11 is 3.47. The van der Waals surface area contributed by atoms with Crippen molar-refractivity contribution < 1.29 is 4.79 Å². The van der Waals surface area contributed by atoms with Crippen molar-refractivity contribution in [2.75, 3.05) is 23.0 Å². The van der Waals surface area contributed by atoms with Crippen LogP contribution in [-0.2, 0) is 4.79 Å². The molecule has 1 aliphatic heterocycles. The number of amides is 1. The standard InChI is InChI=1S/C18H19NOS2/c1-13-7-8-14(2)17(11-13)22-12-18(20)19-9-10-21-16-6-4-3-5-15(16)19/h3-8,11H,9-10,12H2,1-2H3. The van der Waals surface area contributed by atoms with Gasteiger partial charge in [-0.1, -0.05) is 29.8 Å². The van der Waals surface area contributed by atoms with Gasteiger partial charge in [0.1, 0.15) is 0 Å². The maximum Gasteiger partial charge on any atom is 0.237 e. The van der Waals surface area contributed by atoms with E-state index in [4.69, 9.17) is 0 Å². The number of anilines is 1. The molecular weight excluding hydrogens is 310 g/mol. The first-order valence-electron chi connectivity index (χ1n) is 7.37. The average Bonchev–Trinajstić information content (AvgIpc) is 2.55. The van der Waals surface area contributed by atoms with E-state index in [0.29, 0.717) is 5.75 Å². The highest BCUT2D eigenvalue weighted by atomic mass is 32.2. The zero-order valence-corrected chi connectivity index (χ0v) is 14.5. The molecule has 0 aromatic heterocycles. The van der Waals surface area contributed by atoms with E-state index in [0.717, 1.165) is 18.0 Å². The van der Waals surface area contributed by atoms with Crippen molar-refractivity contribution in [2.45, 2.75) is 23.6 Å². The molecule has 4 heteroatoms. The Morgan fingerprint density at radius 1 is 1.23 bits per heavy atom. The largest absolute Gasteiger partial charge is 0.310 e. The van der Waals surface area contributed by atoms with Crippen LogP contribution in [0, 0.1) is 13.8 Å². The fourth-order valence-corrected chi connectivity index (χ4v) is 4.50. The van der Waals surface area contributed by atoms with Gasteiger partial charge in [0.15, 0.2) is 0 Å². The zero-order valence-electron chi connectivity index (χ0n) is 12.8. The Hall–Kier alpha value is -1.39. The van der Waals surface area contributed by atoms with Gasteiger partial charge >= 0.3 is 0 Å². The molecule has 1 aliphatic rings. The summed E-state index contributed by atoms with van der Waals surface area (Å²) in [5.74, 6) is 1.65. The Kier molecular flexibility index (Phi) is 4.79. The van der Waals surface area contributed by atoms with Gasteiger partial charge in [0.2, 0.25) is 5.91 Å². The topological polar surface area (TPSA) is 20.3 Å². The molecule has 0 atom stereocenters. The summed E-state index contributed by atoms with van der Waals surface area (Å²) in [7, 11) is 0. The van der Waals surface area contributed by atoms with Gasteiger partial charge < -0.3 is 4.90 Å². The lowest BCUT2D eigenvalue weighted by molar-refractivity contribution is -0.116. The van der Waals surface area contributed by atoms with E-state index in [1.54, 1.807) is 11.8 Å². The number of rotatable bonds is 3. The molecule has 0 bridgehead atoms. The molecule has 1 heterocycles. The summed E-state index contributed by atoms with van der Waals surface area (Å²) < 4.78 is 0. The molecule has 3 rings (SSSR count). The molecule has 0 fully saturated rings. The highest BCUT2D eigenvalue weighted by Crippen LogP contribution is 2.35. The second-order valence-electron chi connectivity index (χ2n) is 5.42. The van der Waals surface area contributed by atoms with E-state index in [1.165, 1.54) is 20.9 Å². The minimum atomic E-state index is 0.193. The number of hydrogen-bond donors (Lipinski definition) is 0. The van der Waals surface area contributed by atoms with Crippen LogP contribution in [0.15, 0.2) is 52.3 Å². The third-order valence-corrected chi connectivity index (χ3v) is 5.91. The first-order valence-corrected chi connectivity index (χ1v) is 9.34. The van der Waals surface area contributed by atoms with Crippen molar-refractivity contribution in [1.82, 2.24) is 0 Å². The third-order valence-electron chi connectivity index (χ3n) is 3.72. The van der Waals surface area contributed by atoms with Crippen LogP contribution >= 0.6 is 23.5 Å². The summed E-state index contributed by atoms with van der Waals surface area (Å²) in [6.45, 7) is 4.98. The quantitative estimate of drug-likeness (QED) is 0.771. The summed E-state index contributed by atoms with van der Waals surface area (Å²) in [5.41, 5.74) is 3.53. The van der Waals surface area contributed by atoms with Crippen molar-refractivity contribution in [3.05, 3.63) is 53.6 Å². The summed E-state index contributed by atoms with van der Waals surface area (Å²) in [6.07, 6.45) is 0. The van der Waals surface area contributed by atoms with E-state index in [-0.39, 0.29) is 5.91 Å². The van der Waals surface area contributed by atoms with Gasteiger partial charge in [0.25, 0.3) is 0 Å². The molecule has 0 unspecified atom stereocenters. The van der Waals surface area contributed by atoms with Crippen LogP contribution in [0.4, 0.5) is 5.69 Å². The van der Waals surface area contributed by atoms with E-state index >= 15 is 0 Å². The van der Waals surface area contributed by atoms with Gasteiger partial charge in [-0.05, 0) is 37.6 Å². The molecule has 114 valence electrons. The Morgan fingerprint density at radius 2 is 2.05 bits per heavy atom. The second kappa shape index (κ2) is 6.80. The van der Waals surface area contributed by atoms with Gasteiger partial charge in [-0.2, -0.15) is 0 Å². The number of para-hydroxylation sites is 1. The molecule has 0 radical (unpaired) electrons. The summed E-state index contributed by atoms with van der Waals surface area (Å²) in [4.78, 5) is 17.0. The number of aryl methyl sites for hydroxylation is 2. The summed E-state index contributed by atoms with van der Waals surface area (Å²) in [5, 5.41) is 0. The van der Waals surface area contributed by atoms with Crippen molar-refractivity contribution in [3.8, 4) is 0 Å². The Labute approximate surface area is 140 Å². The first kappa shape index (κ1) is 15.5. The highest BCUT2D eigenvalue weighted by molar-refractivity contribution is 8.00. The number of fused-ring (bicyclic) bond motifs is 1. The second-order valence-corrected chi connectivity index (χ2v) is 7.57. The molecule has 22 heavy (non-hydrogen) atoms. The smallest absolute Gasteiger partial charge is 0.237 e. The Balaban J connectivity index is 1.72. The van der Waals surface area contributed by atoms with Gasteiger partial charge in [0, 0.05) is 22.1 Å². The fourth-order valence-electron chi connectivity index (χ4n) is 2.51. The maximum absolute atomic E-state index is 12.6. The monoisotopic (exact) mass is 329 g/mol. The van der Waals surface area contributed by atoms with Crippen LogP contribution in [-0.4, -0.2) is 24.0 Å². The van der Waals surface area contributed by atoms with Crippen LogP contribution in [0.25, 0.3) is 0 Å². The molecule has 0 N–H and O–H groups in total. The van der Waals surface area contributed by atoms with Gasteiger partial charge in [-0.15, -0.1) is 23.5 Å². The van der Waals surface area contributed by atoms with E-state index in [9.17, 15) is 4.79 Å². The molecule has 2 aromatic rings. The normalized spacial score (nSPS) is 13.8. The average molecular weight is 329 g/mol. The summed E-state index contributed by atoms with van der Waals surface area (Å²) in [6, 6.07) is 14.6. The van der Waals surface area contributed by atoms with E-state index < -0.39 is 0 Å². The van der Waals surface area contributed by atoms with Gasteiger partial charge in [-0.25, -0.2) is 0 Å². The molecule has 0 aliphatic carbocycles. The molecule has 1 amide bonds. The lowest BCUT2D eigenvalue weighted by atomic mass is 10.2. The number of benzene rings is 2. The lowest BCUT2D eigenvalue weighted by Crippen LogP contribution is -2.36. The van der Waals surface area contributed by atoms with Crippen LogP contribution in [0.1, 0.15) is 11.1 Å². The molecule has 2 nitrogen and oxygen atoms in total. The van der Waals surface area contributed by atoms with Crippen molar-refractivity contribution in [3.63, 3.8) is 0 Å². The first-order chi connectivity index (χ1) is 10.6. The van der Waals surface area contributed by atoms with Crippen molar-refractivity contribution in [1.29, 1.82) is 0 Å². The number of nitrogens with zero attached hydrogens (tertiary/aromatic N) is 1. The number of hydrogen-bond acceptors (Lipinski definition) is 3. The molecule has 0 saturated heterocycles. The molecular formula is C18H19NOS2. The van der Waals surface area contributed by atoms with Crippen LogP contribution in [0.5, 0.6) is 0 Å². The highest BCUT2D eigenvalue weighted by Gasteiger charge is 2.22. The van der Waals surface area contributed by atoms with Crippen LogP contribution < -0.4 is 4.90 Å². The lowest BCUT2D eigenvalue weighted by Gasteiger charge is -2.29. The SMILES string of the molecule is Cc1ccc(C)c(SCC(=O)N2CCSc3ccccc32)c1. The van der Waals surface area contributed by atoms with Crippen LogP contribution in [0.3, 0.4) is 0 Å². The predicted molar refractivity (Wildman–Crippen MR) is 96.2 cm³/mol. The molecule has 2 aromatic carbocycles. The van der Waals surface area contributed by atoms with Gasteiger partial charge in [0.05, 0.1) is 11.4 Å². The van der Waals surface area contributed by atoms with Gasteiger partial charge in [-0.3, -0.25) is 4.79 Å². The number of carbonyl (C=O) groups is 1. The van der Waals surface area contributed by atoms with Crippen molar-refractivity contribution in [2.24, 2.45) is 0 Å². The third kappa shape index (κ3) is 3.33. The van der Waals surface area contributed by atoms with E-state index in [2.05, 4.69) is 38.1 Å². The Bertz CT molecular complexity index is 699. The number of thioether (sulfide) groups is 2. The minimum absolute atomic E-state index is 0.193. The van der Waals surface area contributed by atoms with E-state index in [1.807, 2.05) is 34.9 Å². The molecule has 0 saturated carbocycles. The maximum atomic E-state index is 12.6. The Morgan fingerprint density at radius 3 is 2.91 bits per heavy atom. The predicted octanol–water partition coefficient (Wildman–Crippen LogP) is 4.53. The zero-order chi connectivity index (χ0) is 15.5. The molecule has 0 spiro atoms. The number of carbonyl (C=O) groups excluding carboxylic acids is 1. The van der Waals surface area contributed by atoms with Crippen molar-refractivity contribution >= 4 is 35.1 Å². The fraction of sp³-hybridized carbons (Fsp3) is 0.278.